The average Bonchev–Trinajstić information content (AvgIpc) is 3.17. The molecule has 32 heavy (non-hydrogen) atoms. The van der Waals surface area contributed by atoms with Crippen LogP contribution < -0.4 is 10.6 Å². The monoisotopic (exact) mass is 557 g/mol. The van der Waals surface area contributed by atoms with Crippen LogP contribution in [0, 0.1) is 0 Å². The van der Waals surface area contributed by atoms with Crippen LogP contribution in [-0.2, 0) is 17.8 Å². The SMILES string of the molecule is CN=C(NCc1ccc(CN2CCCCC2)cc1)N1CCC(NC(=O)OC(C)(C)C)C1.I. The summed E-state index contributed by atoms with van der Waals surface area (Å²) in [6.45, 7) is 11.4. The third-order valence-corrected chi connectivity index (χ3v) is 5.75. The van der Waals surface area contributed by atoms with E-state index in [1.807, 2.05) is 20.8 Å². The summed E-state index contributed by atoms with van der Waals surface area (Å²) >= 11 is 0. The Hall–Kier alpha value is -1.55. The van der Waals surface area contributed by atoms with Crippen LogP contribution in [0.1, 0.15) is 57.6 Å². The molecule has 1 aromatic carbocycles. The number of alkyl carbamates (subject to hydrolysis) is 1. The van der Waals surface area contributed by atoms with Gasteiger partial charge in [-0.05, 0) is 64.3 Å². The number of benzene rings is 1. The molecule has 1 atom stereocenters. The number of rotatable bonds is 5. The van der Waals surface area contributed by atoms with Crippen LogP contribution in [0.3, 0.4) is 0 Å². The van der Waals surface area contributed by atoms with Gasteiger partial charge in [0.2, 0.25) is 0 Å². The van der Waals surface area contributed by atoms with Crippen molar-refractivity contribution in [2.45, 2.75) is 71.2 Å². The Morgan fingerprint density at radius 2 is 1.75 bits per heavy atom. The number of halogens is 1. The summed E-state index contributed by atoms with van der Waals surface area (Å²) in [5, 5.41) is 6.43. The van der Waals surface area contributed by atoms with Crippen LogP contribution in [-0.4, -0.2) is 66.7 Å². The molecule has 180 valence electrons. The van der Waals surface area contributed by atoms with Gasteiger partial charge in [-0.15, -0.1) is 24.0 Å². The summed E-state index contributed by atoms with van der Waals surface area (Å²) in [6.07, 6.45) is 4.55. The van der Waals surface area contributed by atoms with E-state index in [9.17, 15) is 4.79 Å². The second-order valence-electron chi connectivity index (χ2n) is 9.63. The maximum atomic E-state index is 12.0. The third-order valence-electron chi connectivity index (χ3n) is 5.75. The molecule has 2 aliphatic heterocycles. The van der Waals surface area contributed by atoms with E-state index in [1.54, 1.807) is 7.05 Å². The minimum absolute atomic E-state index is 0. The van der Waals surface area contributed by atoms with E-state index in [1.165, 1.54) is 43.5 Å². The van der Waals surface area contributed by atoms with Gasteiger partial charge in [0.15, 0.2) is 5.96 Å². The van der Waals surface area contributed by atoms with Crippen molar-refractivity contribution < 1.29 is 9.53 Å². The summed E-state index contributed by atoms with van der Waals surface area (Å²) in [7, 11) is 1.80. The molecule has 7 nitrogen and oxygen atoms in total. The molecule has 0 saturated carbocycles. The number of nitrogens with zero attached hydrogens (tertiary/aromatic N) is 3. The zero-order valence-corrected chi connectivity index (χ0v) is 22.4. The molecule has 2 saturated heterocycles. The van der Waals surface area contributed by atoms with Gasteiger partial charge in [0.05, 0.1) is 6.04 Å². The minimum Gasteiger partial charge on any atom is -0.444 e. The highest BCUT2D eigenvalue weighted by Gasteiger charge is 2.27. The fourth-order valence-electron chi connectivity index (χ4n) is 4.20. The lowest BCUT2D eigenvalue weighted by atomic mass is 10.1. The Kier molecular flexibility index (Phi) is 10.5. The zero-order valence-electron chi connectivity index (χ0n) is 20.0. The second kappa shape index (κ2) is 12.6. The van der Waals surface area contributed by atoms with Crippen LogP contribution in [0.15, 0.2) is 29.3 Å². The Morgan fingerprint density at radius 3 is 2.38 bits per heavy atom. The number of nitrogens with one attached hydrogen (secondary N) is 2. The summed E-state index contributed by atoms with van der Waals surface area (Å²) in [6, 6.07) is 8.96. The van der Waals surface area contributed by atoms with Crippen molar-refractivity contribution in [2.24, 2.45) is 4.99 Å². The van der Waals surface area contributed by atoms with Gasteiger partial charge in [0.25, 0.3) is 0 Å². The lowest BCUT2D eigenvalue weighted by molar-refractivity contribution is 0.0507. The number of carbonyl (C=O) groups is 1. The topological polar surface area (TPSA) is 69.2 Å². The molecular weight excluding hydrogens is 517 g/mol. The first-order chi connectivity index (χ1) is 14.8. The van der Waals surface area contributed by atoms with E-state index in [-0.39, 0.29) is 36.1 Å². The number of hydrogen-bond donors (Lipinski definition) is 2. The highest BCUT2D eigenvalue weighted by molar-refractivity contribution is 14.0. The molecule has 2 aliphatic rings. The second-order valence-corrected chi connectivity index (χ2v) is 9.63. The Bertz CT molecular complexity index is 742. The Morgan fingerprint density at radius 1 is 1.09 bits per heavy atom. The van der Waals surface area contributed by atoms with Gasteiger partial charge in [0, 0.05) is 33.2 Å². The van der Waals surface area contributed by atoms with E-state index in [0.717, 1.165) is 38.6 Å². The number of hydrogen-bond acceptors (Lipinski definition) is 4. The number of ether oxygens (including phenoxy) is 1. The van der Waals surface area contributed by atoms with Crippen molar-refractivity contribution in [3.05, 3.63) is 35.4 Å². The normalized spacial score (nSPS) is 19.9. The third kappa shape index (κ3) is 8.77. The lowest BCUT2D eigenvalue weighted by Gasteiger charge is -2.26. The molecular formula is C24H40IN5O2. The smallest absolute Gasteiger partial charge is 0.407 e. The van der Waals surface area contributed by atoms with Crippen LogP contribution in [0.4, 0.5) is 4.79 Å². The predicted molar refractivity (Wildman–Crippen MR) is 141 cm³/mol. The van der Waals surface area contributed by atoms with E-state index >= 15 is 0 Å². The number of amides is 1. The van der Waals surface area contributed by atoms with Crippen LogP contribution in [0.5, 0.6) is 0 Å². The first-order valence-corrected chi connectivity index (χ1v) is 11.6. The van der Waals surface area contributed by atoms with Crippen molar-refractivity contribution in [2.75, 3.05) is 33.2 Å². The van der Waals surface area contributed by atoms with Crippen molar-refractivity contribution in [3.8, 4) is 0 Å². The van der Waals surface area contributed by atoms with Crippen molar-refractivity contribution in [1.82, 2.24) is 20.4 Å². The molecule has 0 aliphatic carbocycles. The molecule has 0 spiro atoms. The lowest BCUT2D eigenvalue weighted by Crippen LogP contribution is -2.44. The quantitative estimate of drug-likeness (QED) is 0.326. The van der Waals surface area contributed by atoms with E-state index in [2.05, 4.69) is 49.7 Å². The summed E-state index contributed by atoms with van der Waals surface area (Å²) in [4.78, 5) is 21.2. The van der Waals surface area contributed by atoms with Gasteiger partial charge in [0.1, 0.15) is 5.60 Å². The standard InChI is InChI=1S/C24H39N5O2.HI/c1-24(2,3)31-23(30)27-21-12-15-29(18-21)22(25-4)26-16-19-8-10-20(11-9-19)17-28-13-6-5-7-14-28;/h8-11,21H,5-7,12-18H2,1-4H3,(H,25,26)(H,27,30);1H. The first-order valence-electron chi connectivity index (χ1n) is 11.6. The number of aliphatic imine (C=N–C) groups is 1. The van der Waals surface area contributed by atoms with Crippen LogP contribution >= 0.6 is 24.0 Å². The van der Waals surface area contributed by atoms with Gasteiger partial charge in [-0.2, -0.15) is 0 Å². The molecule has 2 fully saturated rings. The largest absolute Gasteiger partial charge is 0.444 e. The number of likely N-dealkylation sites (tertiary alicyclic amines) is 2. The van der Waals surface area contributed by atoms with Crippen LogP contribution in [0.25, 0.3) is 0 Å². The van der Waals surface area contributed by atoms with Gasteiger partial charge in [-0.3, -0.25) is 9.89 Å². The molecule has 1 unspecified atom stereocenters. The number of carbonyl (C=O) groups excluding carboxylic acids is 1. The predicted octanol–water partition coefficient (Wildman–Crippen LogP) is 3.96. The summed E-state index contributed by atoms with van der Waals surface area (Å²) < 4.78 is 5.37. The number of piperidine rings is 1. The van der Waals surface area contributed by atoms with Gasteiger partial charge in [-0.25, -0.2) is 4.79 Å². The molecule has 1 aromatic rings. The molecule has 2 heterocycles. The molecule has 0 aromatic heterocycles. The van der Waals surface area contributed by atoms with Crippen molar-refractivity contribution in [1.29, 1.82) is 0 Å². The highest BCUT2D eigenvalue weighted by atomic mass is 127. The van der Waals surface area contributed by atoms with Gasteiger partial charge >= 0.3 is 6.09 Å². The molecule has 0 radical (unpaired) electrons. The summed E-state index contributed by atoms with van der Waals surface area (Å²) in [5.74, 6) is 0.867. The fraction of sp³-hybridized carbons (Fsp3) is 0.667. The first kappa shape index (κ1) is 26.7. The van der Waals surface area contributed by atoms with E-state index < -0.39 is 5.60 Å². The highest BCUT2D eigenvalue weighted by Crippen LogP contribution is 2.15. The van der Waals surface area contributed by atoms with Gasteiger partial charge < -0.3 is 20.3 Å². The average molecular weight is 558 g/mol. The number of guanidine groups is 1. The fourth-order valence-corrected chi connectivity index (χ4v) is 4.20. The Balaban J connectivity index is 0.00000363. The van der Waals surface area contributed by atoms with E-state index in [0.29, 0.717) is 0 Å². The molecule has 0 bridgehead atoms. The molecule has 8 heteroatoms. The minimum atomic E-state index is -0.483. The van der Waals surface area contributed by atoms with Crippen molar-refractivity contribution >= 4 is 36.0 Å². The maximum absolute atomic E-state index is 12.0. The zero-order chi connectivity index (χ0) is 22.3. The molecule has 1 amide bonds. The van der Waals surface area contributed by atoms with Gasteiger partial charge in [-0.1, -0.05) is 30.7 Å². The Labute approximate surface area is 210 Å². The van der Waals surface area contributed by atoms with E-state index in [4.69, 9.17) is 4.74 Å². The summed E-state index contributed by atoms with van der Waals surface area (Å²) in [5.41, 5.74) is 2.14. The molecule has 2 N–H and O–H groups in total. The maximum Gasteiger partial charge on any atom is 0.407 e. The van der Waals surface area contributed by atoms with Crippen molar-refractivity contribution in [3.63, 3.8) is 0 Å². The molecule has 3 rings (SSSR count). The van der Waals surface area contributed by atoms with Crippen LogP contribution in [0.2, 0.25) is 0 Å².